The minimum absolute atomic E-state index is 0. The van der Waals surface area contributed by atoms with Crippen LogP contribution in [-0.4, -0.2) is 29.1 Å². The zero-order valence-electron chi connectivity index (χ0n) is 17.1. The third kappa shape index (κ3) is 3.98. The summed E-state index contributed by atoms with van der Waals surface area (Å²) in [5.74, 6) is 0.808. The fraction of sp³-hybridized carbons (Fsp3) is 0.375. The molecule has 1 fully saturated rings. The van der Waals surface area contributed by atoms with Gasteiger partial charge in [0.2, 0.25) is 0 Å². The van der Waals surface area contributed by atoms with Gasteiger partial charge in [0.1, 0.15) is 11.4 Å². The number of benzene rings is 2. The molecule has 30 heavy (non-hydrogen) atoms. The summed E-state index contributed by atoms with van der Waals surface area (Å²) < 4.78 is 14.1. The van der Waals surface area contributed by atoms with Crippen molar-refractivity contribution in [1.29, 1.82) is 0 Å². The van der Waals surface area contributed by atoms with Crippen LogP contribution in [0.4, 0.5) is 0 Å². The van der Waals surface area contributed by atoms with Gasteiger partial charge in [0.25, 0.3) is 0 Å². The maximum absolute atomic E-state index is 6.42. The molecular formula is C24H27ClN2O2S. The summed E-state index contributed by atoms with van der Waals surface area (Å²) in [4.78, 5) is 0. The first-order valence-corrected chi connectivity index (χ1v) is 10.8. The van der Waals surface area contributed by atoms with E-state index in [1.807, 2.05) is 41.1 Å². The lowest BCUT2D eigenvalue weighted by Crippen LogP contribution is -2.21. The largest absolute Gasteiger partial charge is 0.494 e. The second-order valence-corrected chi connectivity index (χ2v) is 8.37. The van der Waals surface area contributed by atoms with Gasteiger partial charge in [-0.2, -0.15) is 18.6 Å². The minimum Gasteiger partial charge on any atom is -0.494 e. The second-order valence-electron chi connectivity index (χ2n) is 7.94. The second kappa shape index (κ2) is 9.04. The lowest BCUT2D eigenvalue weighted by Gasteiger charge is -2.18. The predicted molar refractivity (Wildman–Crippen MR) is 125 cm³/mol. The van der Waals surface area contributed by atoms with E-state index in [0.717, 1.165) is 46.3 Å². The Balaban J connectivity index is 0.00000218. The van der Waals surface area contributed by atoms with Crippen molar-refractivity contribution in [3.63, 3.8) is 0 Å². The molecule has 6 heteroatoms. The summed E-state index contributed by atoms with van der Waals surface area (Å²) in [6.07, 6.45) is 7.39. The summed E-state index contributed by atoms with van der Waals surface area (Å²) in [6, 6.07) is 16.0. The van der Waals surface area contributed by atoms with Crippen LogP contribution >= 0.6 is 25.1 Å². The molecule has 0 amide bonds. The Labute approximate surface area is 189 Å². The highest BCUT2D eigenvalue weighted by atomic mass is 35.5. The van der Waals surface area contributed by atoms with Crippen molar-refractivity contribution >= 4 is 25.1 Å². The number of hydrogen-bond acceptors (Lipinski definition) is 3. The molecular weight excluding hydrogens is 416 g/mol. The molecule has 0 radical (unpaired) electrons. The van der Waals surface area contributed by atoms with Gasteiger partial charge in [-0.15, -0.1) is 0 Å². The number of halogens is 1. The smallest absolute Gasteiger partial charge is 0.144 e. The Hall–Kier alpha value is -1.95. The summed E-state index contributed by atoms with van der Waals surface area (Å²) >= 11 is 6.15. The average molecular weight is 443 g/mol. The van der Waals surface area contributed by atoms with Crippen molar-refractivity contribution in [2.24, 2.45) is 0 Å². The molecule has 1 heterocycles. The molecule has 0 spiro atoms. The first kappa shape index (κ1) is 21.3. The number of hydrogen-bond donors (Lipinski definition) is 0. The van der Waals surface area contributed by atoms with Gasteiger partial charge in [-0.3, -0.25) is 0 Å². The highest BCUT2D eigenvalue weighted by Crippen LogP contribution is 2.38. The number of nitrogens with zero attached hydrogens (tertiary/aromatic N) is 2. The molecule has 1 aromatic heterocycles. The summed E-state index contributed by atoms with van der Waals surface area (Å²) in [6.45, 7) is 0. The summed E-state index contributed by atoms with van der Waals surface area (Å²) in [5, 5.41) is 5.75. The molecule has 0 unspecified atom stereocenters. The molecule has 0 N–H and O–H groups in total. The van der Waals surface area contributed by atoms with Gasteiger partial charge in [0.15, 0.2) is 0 Å². The summed E-state index contributed by atoms with van der Waals surface area (Å²) in [7, 11) is 1.70. The Morgan fingerprint density at radius 2 is 1.70 bits per heavy atom. The highest BCUT2D eigenvalue weighted by molar-refractivity contribution is 7.59. The Morgan fingerprint density at radius 1 is 0.967 bits per heavy atom. The van der Waals surface area contributed by atoms with Crippen LogP contribution in [0.5, 0.6) is 5.75 Å². The van der Waals surface area contributed by atoms with Gasteiger partial charge >= 0.3 is 0 Å². The maximum Gasteiger partial charge on any atom is 0.144 e. The highest BCUT2D eigenvalue weighted by Gasteiger charge is 2.33. The van der Waals surface area contributed by atoms with Crippen LogP contribution in [0.1, 0.15) is 36.9 Å². The third-order valence-corrected chi connectivity index (χ3v) is 6.29. The first-order chi connectivity index (χ1) is 14.2. The first-order valence-electron chi connectivity index (χ1n) is 10.4. The fourth-order valence-corrected chi connectivity index (χ4v) is 4.79. The molecule has 4 nitrogen and oxygen atoms in total. The zero-order chi connectivity index (χ0) is 19.8. The number of rotatable bonds is 5. The Bertz CT molecular complexity index is 1010. The van der Waals surface area contributed by atoms with E-state index in [4.69, 9.17) is 26.2 Å². The van der Waals surface area contributed by atoms with E-state index in [1.54, 1.807) is 7.11 Å². The SMILES string of the molecule is COc1ccccc1-n1nc2c(c1-c1ccc(Cl)cc1)C[C@H](OC1CCCC1)C2.S. The Morgan fingerprint density at radius 3 is 2.43 bits per heavy atom. The van der Waals surface area contributed by atoms with Gasteiger partial charge in [0, 0.05) is 29.0 Å². The standard InChI is InChI=1S/C24H25ClN2O2.H2S/c1-28-23-9-5-4-8-22(23)27-24(16-10-12-17(25)13-11-16)20-14-19(15-21(20)26-27)29-18-6-2-3-7-18;/h4-5,8-13,18-19H,2-3,6-7,14-15H2,1H3;1H2/t19-;/m0./s1. The van der Waals surface area contributed by atoms with Crippen molar-refractivity contribution in [2.75, 3.05) is 7.11 Å². The van der Waals surface area contributed by atoms with Crippen LogP contribution in [0, 0.1) is 0 Å². The molecule has 2 aliphatic rings. The van der Waals surface area contributed by atoms with Crippen molar-refractivity contribution < 1.29 is 9.47 Å². The molecule has 2 aliphatic carbocycles. The number of para-hydroxylation sites is 2. The normalized spacial score (nSPS) is 18.3. The number of aromatic nitrogens is 2. The fourth-order valence-electron chi connectivity index (χ4n) is 4.67. The predicted octanol–water partition coefficient (Wildman–Crippen LogP) is 5.74. The topological polar surface area (TPSA) is 36.3 Å². The molecule has 3 aromatic rings. The summed E-state index contributed by atoms with van der Waals surface area (Å²) in [5.41, 5.74) is 5.57. The van der Waals surface area contributed by atoms with E-state index in [1.165, 1.54) is 31.2 Å². The van der Waals surface area contributed by atoms with E-state index in [0.29, 0.717) is 6.10 Å². The van der Waals surface area contributed by atoms with E-state index in [2.05, 4.69) is 12.1 Å². The molecule has 2 aromatic carbocycles. The van der Waals surface area contributed by atoms with Crippen LogP contribution in [0.15, 0.2) is 48.5 Å². The van der Waals surface area contributed by atoms with Crippen LogP contribution in [0.25, 0.3) is 16.9 Å². The quantitative estimate of drug-likeness (QED) is 0.505. The van der Waals surface area contributed by atoms with Crippen molar-refractivity contribution in [3.8, 4) is 22.7 Å². The molecule has 1 saturated carbocycles. The Kier molecular flexibility index (Phi) is 6.42. The number of methoxy groups -OCH3 is 1. The van der Waals surface area contributed by atoms with Gasteiger partial charge < -0.3 is 9.47 Å². The monoisotopic (exact) mass is 442 g/mol. The van der Waals surface area contributed by atoms with Crippen LogP contribution in [0.2, 0.25) is 5.02 Å². The average Bonchev–Trinajstić information content (AvgIpc) is 3.45. The van der Waals surface area contributed by atoms with Crippen LogP contribution < -0.4 is 4.74 Å². The third-order valence-electron chi connectivity index (χ3n) is 6.04. The lowest BCUT2D eigenvalue weighted by atomic mass is 10.1. The van der Waals surface area contributed by atoms with Crippen molar-refractivity contribution in [3.05, 3.63) is 64.8 Å². The molecule has 5 rings (SSSR count). The van der Waals surface area contributed by atoms with E-state index in [9.17, 15) is 0 Å². The van der Waals surface area contributed by atoms with E-state index >= 15 is 0 Å². The van der Waals surface area contributed by atoms with Crippen LogP contribution in [-0.2, 0) is 17.6 Å². The zero-order valence-corrected chi connectivity index (χ0v) is 18.9. The minimum atomic E-state index is 0. The molecule has 0 bridgehead atoms. The molecule has 1 atom stereocenters. The van der Waals surface area contributed by atoms with E-state index in [-0.39, 0.29) is 19.6 Å². The van der Waals surface area contributed by atoms with Crippen LogP contribution in [0.3, 0.4) is 0 Å². The maximum atomic E-state index is 6.42. The van der Waals surface area contributed by atoms with Gasteiger partial charge in [0.05, 0.1) is 30.7 Å². The van der Waals surface area contributed by atoms with Gasteiger partial charge in [-0.1, -0.05) is 48.7 Å². The van der Waals surface area contributed by atoms with Gasteiger partial charge in [-0.05, 0) is 37.1 Å². The lowest BCUT2D eigenvalue weighted by molar-refractivity contribution is -0.00220. The number of ether oxygens (including phenoxy) is 2. The van der Waals surface area contributed by atoms with Crippen molar-refractivity contribution in [2.45, 2.75) is 50.7 Å². The molecule has 0 aliphatic heterocycles. The number of fused-ring (bicyclic) bond motifs is 1. The van der Waals surface area contributed by atoms with E-state index < -0.39 is 0 Å². The van der Waals surface area contributed by atoms with Gasteiger partial charge in [-0.25, -0.2) is 4.68 Å². The molecule has 158 valence electrons. The molecule has 0 saturated heterocycles. The van der Waals surface area contributed by atoms with Crippen molar-refractivity contribution in [1.82, 2.24) is 9.78 Å².